The molecule has 2 aliphatic heterocycles. The first kappa shape index (κ1) is 28.0. The number of fused-ring (bicyclic) bond motifs is 3. The summed E-state index contributed by atoms with van der Waals surface area (Å²) in [6, 6.07) is 10.1. The minimum Gasteiger partial charge on any atom is -0.471 e. The van der Waals surface area contributed by atoms with Crippen molar-refractivity contribution in [3.8, 4) is 23.1 Å². The Balaban J connectivity index is 1.59. The summed E-state index contributed by atoms with van der Waals surface area (Å²) in [5, 5.41) is 23.3. The third-order valence-electron chi connectivity index (χ3n) is 8.76. The maximum Gasteiger partial charge on any atom is 0.245 e. The summed E-state index contributed by atoms with van der Waals surface area (Å²) >= 11 is 0. The zero-order chi connectivity index (χ0) is 29.4. The van der Waals surface area contributed by atoms with Crippen LogP contribution in [0.3, 0.4) is 0 Å². The first-order valence-electron chi connectivity index (χ1n) is 14.7. The van der Waals surface area contributed by atoms with Crippen molar-refractivity contribution < 1.29 is 9.13 Å². The molecule has 2 aromatic heterocycles. The second-order valence-corrected chi connectivity index (χ2v) is 11.4. The van der Waals surface area contributed by atoms with Crippen LogP contribution in [0.2, 0.25) is 0 Å². The molecule has 2 saturated heterocycles. The van der Waals surface area contributed by atoms with Gasteiger partial charge >= 0.3 is 0 Å². The van der Waals surface area contributed by atoms with E-state index in [9.17, 15) is 5.26 Å². The molecule has 6 rings (SSSR count). The first-order chi connectivity index (χ1) is 20.4. The molecule has 9 heteroatoms. The number of pyridine rings is 1. The van der Waals surface area contributed by atoms with Crippen molar-refractivity contribution in [2.45, 2.75) is 57.7 Å². The maximum atomic E-state index is 16.9. The number of allylic oxidation sites excluding steroid dienone is 2. The lowest BCUT2D eigenvalue weighted by molar-refractivity contribution is 0.118. The number of likely N-dealkylation sites (N-methyl/N-ethyl adjacent to an activating group) is 1. The Bertz CT molecular complexity index is 1730. The highest BCUT2D eigenvalue weighted by Crippen LogP contribution is 2.40. The standard InChI is InChI=1S/C33H36FN7O/c1-5-6-9-22-10-7-11-24(26(22)19-35)28-20(2)18-25-30(29(28)34)37-33(42-21(3)27-12-8-17-40(27)4)31-32(25)41(39-38-31)23-13-15-36-16-14-23/h5-7,9-11,18,21,23,27,36H,1,8,12-17H2,2-4H3/b9-6-/t21-,27-/m0/s1. The average Bonchev–Trinajstić information content (AvgIpc) is 3.64. The average molecular weight is 566 g/mol. The molecule has 0 bridgehead atoms. The highest BCUT2D eigenvalue weighted by atomic mass is 19.1. The zero-order valence-electron chi connectivity index (χ0n) is 24.4. The minimum absolute atomic E-state index is 0.134. The molecule has 42 heavy (non-hydrogen) atoms. The number of ether oxygens (including phenoxy) is 1. The van der Waals surface area contributed by atoms with E-state index >= 15 is 4.39 Å². The second kappa shape index (κ2) is 11.6. The van der Waals surface area contributed by atoms with E-state index in [0.717, 1.165) is 50.8 Å². The number of nitrogens with zero attached hydrogens (tertiary/aromatic N) is 6. The largest absolute Gasteiger partial charge is 0.471 e. The van der Waals surface area contributed by atoms with Crippen LogP contribution < -0.4 is 10.1 Å². The van der Waals surface area contributed by atoms with Crippen LogP contribution in [0, 0.1) is 24.1 Å². The van der Waals surface area contributed by atoms with Crippen LogP contribution in [0.5, 0.6) is 5.88 Å². The number of aromatic nitrogens is 4. The number of nitriles is 1. The third kappa shape index (κ3) is 4.85. The van der Waals surface area contributed by atoms with Gasteiger partial charge in [-0.2, -0.15) is 5.26 Å². The zero-order valence-corrected chi connectivity index (χ0v) is 24.4. The van der Waals surface area contributed by atoms with Gasteiger partial charge in [0.2, 0.25) is 5.88 Å². The normalized spacial score (nSPS) is 19.1. The van der Waals surface area contributed by atoms with Crippen LogP contribution >= 0.6 is 0 Å². The predicted molar refractivity (Wildman–Crippen MR) is 164 cm³/mol. The van der Waals surface area contributed by atoms with Crippen molar-refractivity contribution in [1.82, 2.24) is 30.2 Å². The molecule has 2 fully saturated rings. The summed E-state index contributed by atoms with van der Waals surface area (Å²) in [5.74, 6) is -0.191. The minimum atomic E-state index is -0.484. The molecule has 2 aromatic carbocycles. The van der Waals surface area contributed by atoms with Gasteiger partial charge in [0.1, 0.15) is 23.2 Å². The molecule has 2 aliphatic rings. The predicted octanol–water partition coefficient (Wildman–Crippen LogP) is 5.95. The van der Waals surface area contributed by atoms with Crippen LogP contribution in [0.1, 0.15) is 55.3 Å². The number of likely N-dealkylation sites (tertiary alicyclic amines) is 1. The van der Waals surface area contributed by atoms with E-state index in [1.807, 2.05) is 42.8 Å². The van der Waals surface area contributed by atoms with E-state index in [2.05, 4.69) is 40.2 Å². The quantitative estimate of drug-likeness (QED) is 0.277. The number of nitrogens with one attached hydrogen (secondary N) is 1. The highest BCUT2D eigenvalue weighted by Gasteiger charge is 2.31. The Labute approximate surface area is 245 Å². The van der Waals surface area contributed by atoms with E-state index in [1.54, 1.807) is 18.2 Å². The molecule has 0 saturated carbocycles. The molecule has 0 radical (unpaired) electrons. The summed E-state index contributed by atoms with van der Waals surface area (Å²) < 4.78 is 25.3. The van der Waals surface area contributed by atoms with E-state index in [-0.39, 0.29) is 23.7 Å². The Morgan fingerprint density at radius 1 is 1.24 bits per heavy atom. The Morgan fingerprint density at radius 3 is 2.76 bits per heavy atom. The number of aryl methyl sites for hydroxylation is 1. The van der Waals surface area contributed by atoms with Gasteiger partial charge in [0.15, 0.2) is 11.3 Å². The SMILES string of the molecule is C=C/C=C\c1cccc(-c2c(C)cc3c(nc(O[C@@H](C)[C@@H]4CCCN4C)c4nnn(C5CCNCC5)c43)c2F)c1C#N. The molecule has 1 N–H and O–H groups in total. The van der Waals surface area contributed by atoms with Gasteiger partial charge in [0.25, 0.3) is 0 Å². The van der Waals surface area contributed by atoms with E-state index < -0.39 is 5.82 Å². The fraction of sp³-hybridized carbons (Fsp3) is 0.394. The summed E-state index contributed by atoms with van der Waals surface area (Å²) in [4.78, 5) is 7.10. The van der Waals surface area contributed by atoms with Gasteiger partial charge in [-0.15, -0.1) is 5.10 Å². The summed E-state index contributed by atoms with van der Waals surface area (Å²) in [7, 11) is 2.11. The van der Waals surface area contributed by atoms with Gasteiger partial charge in [-0.3, -0.25) is 4.90 Å². The molecule has 216 valence electrons. The van der Waals surface area contributed by atoms with Gasteiger partial charge in [-0.1, -0.05) is 48.2 Å². The lowest BCUT2D eigenvalue weighted by atomic mass is 9.91. The number of hydrogen-bond acceptors (Lipinski definition) is 7. The fourth-order valence-electron chi connectivity index (χ4n) is 6.62. The number of piperidine rings is 1. The van der Waals surface area contributed by atoms with Gasteiger partial charge in [-0.25, -0.2) is 14.1 Å². The smallest absolute Gasteiger partial charge is 0.245 e. The van der Waals surface area contributed by atoms with E-state index in [4.69, 9.17) is 9.72 Å². The fourth-order valence-corrected chi connectivity index (χ4v) is 6.62. The van der Waals surface area contributed by atoms with E-state index in [0.29, 0.717) is 44.6 Å². The van der Waals surface area contributed by atoms with Crippen molar-refractivity contribution in [2.75, 3.05) is 26.7 Å². The number of halogens is 1. The van der Waals surface area contributed by atoms with Crippen molar-refractivity contribution in [3.05, 3.63) is 65.5 Å². The lowest BCUT2D eigenvalue weighted by Crippen LogP contribution is -2.38. The number of rotatable bonds is 7. The molecule has 2 atom stereocenters. The van der Waals surface area contributed by atoms with Crippen LogP contribution in [-0.2, 0) is 0 Å². The van der Waals surface area contributed by atoms with Crippen molar-refractivity contribution in [1.29, 1.82) is 5.26 Å². The molecule has 0 unspecified atom stereocenters. The Kier molecular flexibility index (Phi) is 7.76. The van der Waals surface area contributed by atoms with Crippen molar-refractivity contribution >= 4 is 28.0 Å². The van der Waals surface area contributed by atoms with Gasteiger partial charge in [0.05, 0.1) is 11.6 Å². The summed E-state index contributed by atoms with van der Waals surface area (Å²) in [6.45, 7) is 10.4. The van der Waals surface area contributed by atoms with Gasteiger partial charge < -0.3 is 10.1 Å². The van der Waals surface area contributed by atoms with Crippen LogP contribution in [0.15, 0.2) is 43.0 Å². The second-order valence-electron chi connectivity index (χ2n) is 11.4. The first-order valence-corrected chi connectivity index (χ1v) is 14.7. The van der Waals surface area contributed by atoms with Gasteiger partial charge in [0, 0.05) is 22.6 Å². The van der Waals surface area contributed by atoms with Crippen LogP contribution in [0.4, 0.5) is 4.39 Å². The Morgan fingerprint density at radius 2 is 2.05 bits per heavy atom. The molecule has 8 nitrogen and oxygen atoms in total. The summed E-state index contributed by atoms with van der Waals surface area (Å²) in [5.41, 5.74) is 4.17. The molecule has 4 heterocycles. The topological polar surface area (TPSA) is 91.9 Å². The number of benzene rings is 2. The van der Waals surface area contributed by atoms with E-state index in [1.165, 1.54) is 0 Å². The molecular weight excluding hydrogens is 529 g/mol. The van der Waals surface area contributed by atoms with Gasteiger partial charge in [-0.05, 0) is 83.4 Å². The molecule has 4 aromatic rings. The Hall–Kier alpha value is -4.13. The molecule has 0 spiro atoms. The lowest BCUT2D eigenvalue weighted by Gasteiger charge is -2.27. The molecular formula is C33H36FN7O. The third-order valence-corrected chi connectivity index (χ3v) is 8.76. The highest BCUT2D eigenvalue weighted by molar-refractivity contribution is 6.06. The number of hydrogen-bond donors (Lipinski definition) is 1. The van der Waals surface area contributed by atoms with Crippen molar-refractivity contribution in [3.63, 3.8) is 0 Å². The van der Waals surface area contributed by atoms with Crippen LogP contribution in [-0.4, -0.2) is 63.7 Å². The maximum absolute atomic E-state index is 16.9. The molecule has 0 amide bonds. The van der Waals surface area contributed by atoms with Crippen molar-refractivity contribution in [2.24, 2.45) is 0 Å². The van der Waals surface area contributed by atoms with Crippen LogP contribution in [0.25, 0.3) is 39.1 Å². The monoisotopic (exact) mass is 565 g/mol. The summed E-state index contributed by atoms with van der Waals surface area (Å²) in [6.07, 6.45) is 9.00. The molecule has 0 aliphatic carbocycles.